The topological polar surface area (TPSA) is 69.0 Å². The van der Waals surface area contributed by atoms with E-state index in [9.17, 15) is 4.79 Å². The van der Waals surface area contributed by atoms with Crippen molar-refractivity contribution in [2.24, 2.45) is 0 Å². The van der Waals surface area contributed by atoms with E-state index < -0.39 is 0 Å². The second kappa shape index (κ2) is 9.72. The number of nitrogens with zero attached hydrogens (tertiary/aromatic N) is 6. The van der Waals surface area contributed by atoms with Crippen molar-refractivity contribution in [3.05, 3.63) is 59.2 Å². The Morgan fingerprint density at radius 2 is 2.00 bits per heavy atom. The molecule has 4 heterocycles. The van der Waals surface area contributed by atoms with Crippen molar-refractivity contribution in [3.8, 4) is 0 Å². The van der Waals surface area contributed by atoms with Gasteiger partial charge in [-0.25, -0.2) is 4.98 Å². The monoisotopic (exact) mass is 461 g/mol. The number of fused-ring (bicyclic) bond motifs is 2. The number of aromatic nitrogens is 3. The lowest BCUT2D eigenvalue weighted by atomic mass is 9.91. The van der Waals surface area contributed by atoms with Gasteiger partial charge in [-0.3, -0.25) is 19.1 Å². The Hall–Kier alpha value is -2.97. The summed E-state index contributed by atoms with van der Waals surface area (Å²) < 4.78 is 2.25. The van der Waals surface area contributed by atoms with Crippen LogP contribution in [0.1, 0.15) is 48.5 Å². The van der Waals surface area contributed by atoms with Gasteiger partial charge in [0.05, 0.1) is 29.7 Å². The molecule has 2 aliphatic rings. The van der Waals surface area contributed by atoms with Gasteiger partial charge >= 0.3 is 0 Å². The van der Waals surface area contributed by atoms with Crippen molar-refractivity contribution >= 4 is 17.4 Å². The minimum Gasteiger partial charge on any atom is -0.355 e. The first kappa shape index (κ1) is 22.8. The largest absolute Gasteiger partial charge is 0.355 e. The molecule has 5 rings (SSSR count). The highest BCUT2D eigenvalue weighted by Gasteiger charge is 2.27. The van der Waals surface area contributed by atoms with Gasteiger partial charge in [0.2, 0.25) is 5.91 Å². The van der Waals surface area contributed by atoms with Crippen molar-refractivity contribution in [2.45, 2.75) is 45.3 Å². The lowest BCUT2D eigenvalue weighted by Crippen LogP contribution is -2.45. The van der Waals surface area contributed by atoms with Crippen LogP contribution in [0, 0.1) is 0 Å². The van der Waals surface area contributed by atoms with Gasteiger partial charge in [-0.1, -0.05) is 12.1 Å². The highest BCUT2D eigenvalue weighted by atomic mass is 16.1. The van der Waals surface area contributed by atoms with Gasteiger partial charge in [-0.2, -0.15) is 0 Å². The maximum Gasteiger partial charge on any atom is 0.217 e. The fourth-order valence-corrected chi connectivity index (χ4v) is 5.34. The number of hydrogen-bond acceptors (Lipinski definition) is 6. The third-order valence-corrected chi connectivity index (χ3v) is 7.23. The lowest BCUT2D eigenvalue weighted by molar-refractivity contribution is -0.119. The van der Waals surface area contributed by atoms with Crippen LogP contribution < -0.4 is 10.2 Å². The summed E-state index contributed by atoms with van der Waals surface area (Å²) in [6.07, 6.45) is 5.27. The molecule has 0 bridgehead atoms. The zero-order valence-electron chi connectivity index (χ0n) is 20.5. The Balaban J connectivity index is 1.50. The number of amides is 1. The van der Waals surface area contributed by atoms with Crippen LogP contribution in [-0.2, 0) is 24.3 Å². The Morgan fingerprint density at radius 3 is 2.79 bits per heavy atom. The number of anilines is 1. The number of likely N-dealkylation sites (N-methyl/N-ethyl adjacent to an activating group) is 1. The molecule has 1 atom stereocenters. The molecule has 3 aromatic heterocycles. The van der Waals surface area contributed by atoms with Gasteiger partial charge in [0.15, 0.2) is 0 Å². The second-order valence-corrected chi connectivity index (χ2v) is 9.65. The first-order valence-corrected chi connectivity index (χ1v) is 12.3. The van der Waals surface area contributed by atoms with E-state index in [-0.39, 0.29) is 11.9 Å². The maximum atomic E-state index is 11.8. The molecule has 1 amide bonds. The molecule has 0 aromatic carbocycles. The van der Waals surface area contributed by atoms with Gasteiger partial charge in [0.25, 0.3) is 0 Å². The number of imidazole rings is 1. The van der Waals surface area contributed by atoms with Gasteiger partial charge in [-0.05, 0) is 57.1 Å². The minimum atomic E-state index is -0.0308. The molecule has 0 saturated carbocycles. The normalized spacial score (nSPS) is 18.9. The van der Waals surface area contributed by atoms with Crippen LogP contribution in [0.4, 0.5) is 5.82 Å². The quantitative estimate of drug-likeness (QED) is 0.609. The Morgan fingerprint density at radius 1 is 1.18 bits per heavy atom. The fraction of sp³-hybridized carbons (Fsp3) is 0.500. The molecule has 0 spiro atoms. The molecule has 8 nitrogen and oxygen atoms in total. The van der Waals surface area contributed by atoms with Gasteiger partial charge in [0.1, 0.15) is 11.5 Å². The number of nitrogens with one attached hydrogen (secondary N) is 1. The molecule has 3 aromatic rings. The Labute approximate surface area is 201 Å². The summed E-state index contributed by atoms with van der Waals surface area (Å²) in [6.45, 7) is 6.77. The molecule has 1 fully saturated rings. The molecular formula is C26H35N7O. The first-order chi connectivity index (χ1) is 16.5. The molecule has 1 aliphatic heterocycles. The van der Waals surface area contributed by atoms with E-state index in [0.29, 0.717) is 13.1 Å². The number of hydrogen-bond donors (Lipinski definition) is 1. The summed E-state index contributed by atoms with van der Waals surface area (Å²) in [6, 6.07) is 10.9. The number of rotatable bonds is 6. The average molecular weight is 462 g/mol. The Kier molecular flexibility index (Phi) is 6.52. The van der Waals surface area contributed by atoms with Crippen LogP contribution in [-0.4, -0.2) is 70.4 Å². The Bertz CT molecular complexity index is 1170. The van der Waals surface area contributed by atoms with Gasteiger partial charge < -0.3 is 15.1 Å². The summed E-state index contributed by atoms with van der Waals surface area (Å²) in [7, 11) is 4.34. The maximum absolute atomic E-state index is 11.8. The number of pyridine rings is 2. The van der Waals surface area contributed by atoms with Crippen molar-refractivity contribution in [1.29, 1.82) is 0 Å². The summed E-state index contributed by atoms with van der Waals surface area (Å²) in [5.74, 6) is 1.12. The SMILES string of the molecule is CC(=O)NCc1c(CN(C)[C@H]2CCCc3cccnc32)nc2cccc(N3CCN(C)CC3)n12. The van der Waals surface area contributed by atoms with E-state index in [4.69, 9.17) is 9.97 Å². The number of carbonyl (C=O) groups is 1. The zero-order chi connectivity index (χ0) is 23.7. The van der Waals surface area contributed by atoms with Crippen molar-refractivity contribution in [1.82, 2.24) is 29.5 Å². The predicted octanol–water partition coefficient (Wildman–Crippen LogP) is 2.63. The number of piperazine rings is 1. The van der Waals surface area contributed by atoms with Gasteiger partial charge in [-0.15, -0.1) is 0 Å². The number of aryl methyl sites for hydroxylation is 1. The van der Waals surface area contributed by atoms with Crippen LogP contribution in [0.15, 0.2) is 36.5 Å². The molecule has 180 valence electrons. The van der Waals surface area contributed by atoms with E-state index >= 15 is 0 Å². The molecule has 1 aliphatic carbocycles. The molecule has 1 saturated heterocycles. The van der Waals surface area contributed by atoms with Crippen LogP contribution in [0.25, 0.3) is 5.65 Å². The van der Waals surface area contributed by atoms with Gasteiger partial charge in [0, 0.05) is 45.8 Å². The minimum absolute atomic E-state index is 0.0308. The second-order valence-electron chi connectivity index (χ2n) is 9.65. The average Bonchev–Trinajstić information content (AvgIpc) is 3.19. The highest BCUT2D eigenvalue weighted by molar-refractivity contribution is 5.72. The molecule has 0 unspecified atom stereocenters. The third kappa shape index (κ3) is 4.52. The molecule has 1 N–H and O–H groups in total. The van der Waals surface area contributed by atoms with E-state index in [2.05, 4.69) is 62.8 Å². The molecule has 34 heavy (non-hydrogen) atoms. The van der Waals surface area contributed by atoms with Crippen molar-refractivity contribution in [3.63, 3.8) is 0 Å². The summed E-state index contributed by atoms with van der Waals surface area (Å²) >= 11 is 0. The van der Waals surface area contributed by atoms with Crippen LogP contribution in [0.3, 0.4) is 0 Å². The van der Waals surface area contributed by atoms with E-state index in [1.165, 1.54) is 17.7 Å². The molecule has 0 radical (unpaired) electrons. The molecule has 8 heteroatoms. The summed E-state index contributed by atoms with van der Waals surface area (Å²) in [4.78, 5) is 28.8. The predicted molar refractivity (Wildman–Crippen MR) is 134 cm³/mol. The standard InChI is InChI=1S/C26H35N7O/c1-19(34)28-17-23-21(18-31(3)22-9-4-7-20-8-6-12-27-26(20)22)29-24-10-5-11-25(33(23)24)32-15-13-30(2)14-16-32/h5-6,8,10-12,22H,4,7,9,13-18H2,1-3H3,(H,28,34)/t22-/m0/s1. The van der Waals surface area contributed by atoms with Crippen LogP contribution >= 0.6 is 0 Å². The third-order valence-electron chi connectivity index (χ3n) is 7.23. The highest BCUT2D eigenvalue weighted by Crippen LogP contribution is 2.33. The number of carbonyl (C=O) groups excluding carboxylic acids is 1. The van der Waals surface area contributed by atoms with Crippen molar-refractivity contribution < 1.29 is 4.79 Å². The van der Waals surface area contributed by atoms with Crippen molar-refractivity contribution in [2.75, 3.05) is 45.2 Å². The van der Waals surface area contributed by atoms with Crippen LogP contribution in [0.5, 0.6) is 0 Å². The first-order valence-electron chi connectivity index (χ1n) is 12.3. The van der Waals surface area contributed by atoms with E-state index in [1.54, 1.807) is 6.92 Å². The van der Waals surface area contributed by atoms with Crippen LogP contribution in [0.2, 0.25) is 0 Å². The lowest BCUT2D eigenvalue weighted by Gasteiger charge is -2.34. The zero-order valence-corrected chi connectivity index (χ0v) is 20.5. The van der Waals surface area contributed by atoms with E-state index in [0.717, 1.165) is 61.9 Å². The smallest absolute Gasteiger partial charge is 0.217 e. The van der Waals surface area contributed by atoms with E-state index in [1.807, 2.05) is 12.3 Å². The fourth-order valence-electron chi connectivity index (χ4n) is 5.34. The summed E-state index contributed by atoms with van der Waals surface area (Å²) in [5.41, 5.74) is 5.56. The molecular weight excluding hydrogens is 426 g/mol. The summed E-state index contributed by atoms with van der Waals surface area (Å²) in [5, 5.41) is 3.03.